The van der Waals surface area contributed by atoms with Gasteiger partial charge in [-0.1, -0.05) is 71.4 Å². The number of imide groups is 1. The summed E-state index contributed by atoms with van der Waals surface area (Å²) >= 11 is 2.70. The molecule has 0 radical (unpaired) electrons. The van der Waals surface area contributed by atoms with Crippen LogP contribution in [0.25, 0.3) is 6.08 Å². The second kappa shape index (κ2) is 8.94. The maximum atomic E-state index is 12.8. The first-order valence-electron chi connectivity index (χ1n) is 9.63. The molecule has 1 fully saturated rings. The van der Waals surface area contributed by atoms with Crippen molar-refractivity contribution in [2.75, 3.05) is 0 Å². The Kier molecular flexibility index (Phi) is 6.11. The van der Waals surface area contributed by atoms with Gasteiger partial charge in [0.2, 0.25) is 0 Å². The molecular weight excluding hydrogens is 410 g/mol. The lowest BCUT2D eigenvalue weighted by Crippen LogP contribution is -2.27. The van der Waals surface area contributed by atoms with E-state index in [-0.39, 0.29) is 11.1 Å². The van der Waals surface area contributed by atoms with Gasteiger partial charge in [-0.05, 0) is 67.1 Å². The van der Waals surface area contributed by atoms with E-state index in [0.717, 1.165) is 33.3 Å². The van der Waals surface area contributed by atoms with Crippen LogP contribution in [0.4, 0.5) is 4.79 Å². The van der Waals surface area contributed by atoms with Crippen molar-refractivity contribution < 1.29 is 9.59 Å². The van der Waals surface area contributed by atoms with Crippen LogP contribution in [0.2, 0.25) is 0 Å². The van der Waals surface area contributed by atoms with Gasteiger partial charge >= 0.3 is 0 Å². The van der Waals surface area contributed by atoms with Crippen molar-refractivity contribution in [2.24, 2.45) is 0 Å². The molecule has 4 rings (SSSR count). The van der Waals surface area contributed by atoms with Crippen LogP contribution in [0.15, 0.2) is 87.5 Å². The second-order valence-electron chi connectivity index (χ2n) is 7.24. The predicted molar refractivity (Wildman–Crippen MR) is 124 cm³/mol. The van der Waals surface area contributed by atoms with Gasteiger partial charge in [0, 0.05) is 9.79 Å². The molecule has 0 aliphatic carbocycles. The van der Waals surface area contributed by atoms with E-state index in [1.54, 1.807) is 17.8 Å². The van der Waals surface area contributed by atoms with Crippen molar-refractivity contribution in [2.45, 2.75) is 30.2 Å². The van der Waals surface area contributed by atoms with Crippen LogP contribution in [-0.4, -0.2) is 16.0 Å². The third kappa shape index (κ3) is 4.86. The Hall–Kier alpha value is -2.76. The maximum absolute atomic E-state index is 12.8. The zero-order valence-electron chi connectivity index (χ0n) is 16.8. The molecular formula is C25H21NO2S2. The van der Waals surface area contributed by atoms with Crippen molar-refractivity contribution in [3.8, 4) is 0 Å². The second-order valence-corrected chi connectivity index (χ2v) is 9.38. The molecule has 3 aromatic rings. The number of nitrogens with zero attached hydrogens (tertiary/aromatic N) is 1. The van der Waals surface area contributed by atoms with E-state index in [9.17, 15) is 9.59 Å². The van der Waals surface area contributed by atoms with Crippen LogP contribution in [-0.2, 0) is 11.3 Å². The Balaban J connectivity index is 1.45. The van der Waals surface area contributed by atoms with Gasteiger partial charge in [0.25, 0.3) is 11.1 Å². The largest absolute Gasteiger partial charge is 0.293 e. The smallest absolute Gasteiger partial charge is 0.268 e. The highest BCUT2D eigenvalue weighted by atomic mass is 32.2. The first-order valence-corrected chi connectivity index (χ1v) is 11.3. The predicted octanol–water partition coefficient (Wildman–Crippen LogP) is 6.69. The number of thioether (sulfide) groups is 1. The molecule has 0 atom stereocenters. The summed E-state index contributed by atoms with van der Waals surface area (Å²) in [6.07, 6.45) is 1.79. The van der Waals surface area contributed by atoms with Crippen molar-refractivity contribution in [1.82, 2.24) is 4.90 Å². The van der Waals surface area contributed by atoms with Crippen molar-refractivity contribution in [3.05, 3.63) is 100.0 Å². The maximum Gasteiger partial charge on any atom is 0.293 e. The molecule has 1 aliphatic heterocycles. The Labute approximate surface area is 185 Å². The molecule has 30 heavy (non-hydrogen) atoms. The number of carbonyl (C=O) groups excluding carboxylic acids is 2. The highest BCUT2D eigenvalue weighted by molar-refractivity contribution is 8.18. The lowest BCUT2D eigenvalue weighted by Gasteiger charge is -2.12. The number of hydrogen-bond donors (Lipinski definition) is 0. The zero-order valence-corrected chi connectivity index (χ0v) is 18.4. The van der Waals surface area contributed by atoms with Gasteiger partial charge in [-0.25, -0.2) is 0 Å². The standard InChI is InChI=1S/C25H21NO2S2/c1-17-6-10-21(11-7-17)29-22-12-8-19(9-13-22)15-23-24(27)26(25(28)30-23)16-20-5-3-4-18(2)14-20/h3-15H,16H2,1-2H3/b23-15-. The molecule has 150 valence electrons. The summed E-state index contributed by atoms with van der Waals surface area (Å²) < 4.78 is 0. The van der Waals surface area contributed by atoms with Crippen molar-refractivity contribution >= 4 is 40.7 Å². The van der Waals surface area contributed by atoms with E-state index in [1.165, 1.54) is 15.4 Å². The first-order chi connectivity index (χ1) is 14.5. The number of rotatable bonds is 5. The van der Waals surface area contributed by atoms with Gasteiger partial charge in [0.1, 0.15) is 0 Å². The fourth-order valence-electron chi connectivity index (χ4n) is 3.16. The number of benzene rings is 3. The lowest BCUT2D eigenvalue weighted by molar-refractivity contribution is -0.123. The molecule has 0 bridgehead atoms. The van der Waals surface area contributed by atoms with Gasteiger partial charge < -0.3 is 0 Å². The summed E-state index contributed by atoms with van der Waals surface area (Å²) in [4.78, 5) is 29.2. The molecule has 2 amide bonds. The molecule has 5 heteroatoms. The average molecular weight is 432 g/mol. The summed E-state index contributed by atoms with van der Waals surface area (Å²) in [7, 11) is 0. The molecule has 0 unspecified atom stereocenters. The number of amides is 2. The Bertz CT molecular complexity index is 1120. The number of hydrogen-bond acceptors (Lipinski definition) is 4. The summed E-state index contributed by atoms with van der Waals surface area (Å²) in [5, 5.41) is -0.223. The Morgan fingerprint density at radius 2 is 1.53 bits per heavy atom. The van der Waals surface area contributed by atoms with Crippen LogP contribution < -0.4 is 0 Å². The summed E-state index contributed by atoms with van der Waals surface area (Å²) in [5.74, 6) is -0.232. The van der Waals surface area contributed by atoms with Gasteiger partial charge in [0.05, 0.1) is 11.4 Å². The van der Waals surface area contributed by atoms with Gasteiger partial charge in [-0.2, -0.15) is 0 Å². The molecule has 1 aliphatic rings. The minimum absolute atomic E-state index is 0.223. The fraction of sp³-hybridized carbons (Fsp3) is 0.120. The quantitative estimate of drug-likeness (QED) is 0.422. The first kappa shape index (κ1) is 20.5. The number of aryl methyl sites for hydroxylation is 2. The van der Waals surface area contributed by atoms with Crippen LogP contribution in [0, 0.1) is 13.8 Å². The average Bonchev–Trinajstić information content (AvgIpc) is 2.99. The van der Waals surface area contributed by atoms with Crippen LogP contribution >= 0.6 is 23.5 Å². The van der Waals surface area contributed by atoms with E-state index in [4.69, 9.17) is 0 Å². The lowest BCUT2D eigenvalue weighted by atomic mass is 10.1. The van der Waals surface area contributed by atoms with E-state index in [1.807, 2.05) is 55.5 Å². The molecule has 0 saturated carbocycles. The molecule has 1 saturated heterocycles. The van der Waals surface area contributed by atoms with Gasteiger partial charge in [-0.3, -0.25) is 14.5 Å². The normalized spacial score (nSPS) is 15.3. The van der Waals surface area contributed by atoms with Crippen LogP contribution in [0.1, 0.15) is 22.3 Å². The summed E-state index contributed by atoms with van der Waals surface area (Å²) in [5.41, 5.74) is 4.21. The monoisotopic (exact) mass is 431 g/mol. The SMILES string of the molecule is Cc1ccc(Sc2ccc(/C=C3\SC(=O)N(Cc4cccc(C)c4)C3=O)cc2)cc1. The molecule has 3 nitrogen and oxygen atoms in total. The minimum atomic E-state index is -0.232. The van der Waals surface area contributed by atoms with Gasteiger partial charge in [-0.15, -0.1) is 0 Å². The highest BCUT2D eigenvalue weighted by Gasteiger charge is 2.34. The minimum Gasteiger partial charge on any atom is -0.268 e. The zero-order chi connectivity index (χ0) is 21.1. The van der Waals surface area contributed by atoms with Crippen LogP contribution in [0.3, 0.4) is 0 Å². The topological polar surface area (TPSA) is 37.4 Å². The van der Waals surface area contributed by atoms with Crippen molar-refractivity contribution in [3.63, 3.8) is 0 Å². The Morgan fingerprint density at radius 3 is 2.20 bits per heavy atom. The highest BCUT2D eigenvalue weighted by Crippen LogP contribution is 2.34. The number of carbonyl (C=O) groups is 2. The third-order valence-electron chi connectivity index (χ3n) is 4.73. The summed E-state index contributed by atoms with van der Waals surface area (Å²) in [6, 6.07) is 24.3. The van der Waals surface area contributed by atoms with E-state index < -0.39 is 0 Å². The molecule has 0 spiro atoms. The molecule has 3 aromatic carbocycles. The third-order valence-corrected chi connectivity index (χ3v) is 6.65. The van der Waals surface area contributed by atoms with E-state index >= 15 is 0 Å². The molecule has 1 heterocycles. The Morgan fingerprint density at radius 1 is 0.867 bits per heavy atom. The fourth-order valence-corrected chi connectivity index (χ4v) is 4.81. The molecule has 0 N–H and O–H groups in total. The van der Waals surface area contributed by atoms with Crippen LogP contribution in [0.5, 0.6) is 0 Å². The van der Waals surface area contributed by atoms with Crippen molar-refractivity contribution in [1.29, 1.82) is 0 Å². The van der Waals surface area contributed by atoms with E-state index in [0.29, 0.717) is 11.4 Å². The molecule has 0 aromatic heterocycles. The summed E-state index contributed by atoms with van der Waals surface area (Å²) in [6.45, 7) is 4.37. The van der Waals surface area contributed by atoms with E-state index in [2.05, 4.69) is 31.2 Å². The van der Waals surface area contributed by atoms with Gasteiger partial charge in [0.15, 0.2) is 0 Å².